The molecular weight excluding hydrogens is 324 g/mol. The molecule has 17 heavy (non-hydrogen) atoms. The molecule has 0 aromatic carbocycles. The molecule has 0 atom stereocenters. The lowest BCUT2D eigenvalue weighted by molar-refractivity contribution is 1.00. The van der Waals surface area contributed by atoms with Gasteiger partial charge in [0, 0.05) is 16.2 Å². The van der Waals surface area contributed by atoms with Gasteiger partial charge in [0.05, 0.1) is 4.88 Å². The van der Waals surface area contributed by atoms with Crippen molar-refractivity contribution in [3.63, 3.8) is 0 Å². The number of aromatic nitrogens is 2. The van der Waals surface area contributed by atoms with E-state index in [1.54, 1.807) is 0 Å². The molecule has 3 N–H and O–H groups in total. The van der Waals surface area contributed by atoms with Crippen LogP contribution >= 0.6 is 38.9 Å². The number of nitrogens with one attached hydrogen (secondary N) is 1. The Labute approximate surface area is 116 Å². The van der Waals surface area contributed by atoms with Crippen LogP contribution in [-0.2, 0) is 6.42 Å². The predicted molar refractivity (Wildman–Crippen MR) is 75.2 cm³/mol. The number of nitrogens with zero attached hydrogens (tertiary/aromatic N) is 2. The monoisotopic (exact) mass is 332 g/mol. The third-order valence-electron chi connectivity index (χ3n) is 2.15. The van der Waals surface area contributed by atoms with E-state index in [9.17, 15) is 0 Å². The molecule has 7 heteroatoms. The van der Waals surface area contributed by atoms with Crippen LogP contribution in [-0.4, -0.2) is 9.97 Å². The summed E-state index contributed by atoms with van der Waals surface area (Å²) in [7, 11) is 0. The number of thiophene rings is 1. The Balaban J connectivity index is 2.50. The summed E-state index contributed by atoms with van der Waals surface area (Å²) in [6.07, 6.45) is 0.824. The van der Waals surface area contributed by atoms with E-state index in [4.69, 9.17) is 17.4 Å². The van der Waals surface area contributed by atoms with Crippen molar-refractivity contribution in [2.75, 3.05) is 5.43 Å². The van der Waals surface area contributed by atoms with Crippen molar-refractivity contribution in [1.82, 2.24) is 9.97 Å². The SMILES string of the molecule is CCc1cc(NN)nc(-c2cc(Br)c(Cl)s2)n1. The van der Waals surface area contributed by atoms with Crippen LogP contribution in [0.25, 0.3) is 10.7 Å². The van der Waals surface area contributed by atoms with E-state index < -0.39 is 0 Å². The largest absolute Gasteiger partial charge is 0.308 e. The van der Waals surface area contributed by atoms with Crippen LogP contribution < -0.4 is 11.3 Å². The molecular formula is C10H10BrClN4S. The fourth-order valence-electron chi connectivity index (χ4n) is 1.32. The first-order valence-corrected chi connectivity index (χ1v) is 6.92. The zero-order valence-electron chi connectivity index (χ0n) is 9.00. The second-order valence-corrected chi connectivity index (χ2v) is 5.81. The van der Waals surface area contributed by atoms with Gasteiger partial charge in [-0.05, 0) is 28.4 Å². The zero-order valence-corrected chi connectivity index (χ0v) is 12.2. The first-order chi connectivity index (χ1) is 8.13. The van der Waals surface area contributed by atoms with Crippen LogP contribution in [0.4, 0.5) is 5.82 Å². The molecule has 90 valence electrons. The van der Waals surface area contributed by atoms with Crippen LogP contribution in [0.5, 0.6) is 0 Å². The molecule has 2 heterocycles. The number of anilines is 1. The summed E-state index contributed by atoms with van der Waals surface area (Å²) >= 11 is 10.8. The van der Waals surface area contributed by atoms with Crippen LogP contribution in [0.2, 0.25) is 4.34 Å². The molecule has 0 unspecified atom stereocenters. The van der Waals surface area contributed by atoms with Crippen LogP contribution in [0, 0.1) is 0 Å². The lowest BCUT2D eigenvalue weighted by Crippen LogP contribution is -2.10. The van der Waals surface area contributed by atoms with Crippen LogP contribution in [0.1, 0.15) is 12.6 Å². The summed E-state index contributed by atoms with van der Waals surface area (Å²) in [6, 6.07) is 3.73. The summed E-state index contributed by atoms with van der Waals surface area (Å²) < 4.78 is 1.54. The highest BCUT2D eigenvalue weighted by molar-refractivity contribution is 9.10. The molecule has 0 spiro atoms. The number of aryl methyl sites for hydroxylation is 1. The summed E-state index contributed by atoms with van der Waals surface area (Å²) in [5.74, 6) is 6.62. The molecule has 0 aliphatic carbocycles. The van der Waals surface area contributed by atoms with Crippen LogP contribution in [0.15, 0.2) is 16.6 Å². The molecule has 0 aliphatic rings. The van der Waals surface area contributed by atoms with Gasteiger partial charge in [-0.15, -0.1) is 11.3 Å². The lowest BCUT2D eigenvalue weighted by Gasteiger charge is -2.04. The number of nitrogen functional groups attached to an aromatic ring is 1. The number of hydrogen-bond donors (Lipinski definition) is 2. The highest BCUT2D eigenvalue weighted by Crippen LogP contribution is 2.36. The molecule has 0 bridgehead atoms. The van der Waals surface area contributed by atoms with E-state index in [-0.39, 0.29) is 0 Å². The van der Waals surface area contributed by atoms with Gasteiger partial charge in [-0.3, -0.25) is 0 Å². The molecule has 4 nitrogen and oxygen atoms in total. The van der Waals surface area contributed by atoms with Gasteiger partial charge in [0.15, 0.2) is 5.82 Å². The normalized spacial score (nSPS) is 10.6. The maximum atomic E-state index is 6.00. The number of hydrazine groups is 1. The molecule has 2 aromatic rings. The average molecular weight is 334 g/mol. The molecule has 0 saturated carbocycles. The number of rotatable bonds is 3. The van der Waals surface area contributed by atoms with Gasteiger partial charge in [-0.25, -0.2) is 15.8 Å². The third-order valence-corrected chi connectivity index (χ3v) is 4.63. The van der Waals surface area contributed by atoms with E-state index in [0.717, 1.165) is 21.5 Å². The Morgan fingerprint density at radius 1 is 1.47 bits per heavy atom. The van der Waals surface area contributed by atoms with Crippen molar-refractivity contribution >= 4 is 44.7 Å². The highest BCUT2D eigenvalue weighted by atomic mass is 79.9. The minimum absolute atomic E-state index is 0.604. The lowest BCUT2D eigenvalue weighted by atomic mass is 10.3. The minimum Gasteiger partial charge on any atom is -0.308 e. The average Bonchev–Trinajstić information content (AvgIpc) is 2.69. The first-order valence-electron chi connectivity index (χ1n) is 4.93. The van der Waals surface area contributed by atoms with Gasteiger partial charge < -0.3 is 5.43 Å². The number of halogens is 2. The van der Waals surface area contributed by atoms with Gasteiger partial charge >= 0.3 is 0 Å². The molecule has 0 aliphatic heterocycles. The maximum absolute atomic E-state index is 6.00. The van der Waals surface area contributed by atoms with Crippen molar-refractivity contribution < 1.29 is 0 Å². The molecule has 0 radical (unpaired) electrons. The Hall–Kier alpha value is -0.690. The van der Waals surface area contributed by atoms with E-state index in [2.05, 4.69) is 31.3 Å². The van der Waals surface area contributed by atoms with Crippen molar-refractivity contribution in [2.45, 2.75) is 13.3 Å². The predicted octanol–water partition coefficient (Wildman–Crippen LogP) is 3.47. The summed E-state index contributed by atoms with van der Waals surface area (Å²) in [5, 5.41) is 0. The summed E-state index contributed by atoms with van der Waals surface area (Å²) in [6.45, 7) is 2.03. The number of hydrogen-bond acceptors (Lipinski definition) is 5. The Kier molecular flexibility index (Phi) is 3.98. The Morgan fingerprint density at radius 2 is 2.24 bits per heavy atom. The fourth-order valence-corrected chi connectivity index (χ4v) is 2.96. The van der Waals surface area contributed by atoms with Gasteiger partial charge in [-0.2, -0.15) is 0 Å². The van der Waals surface area contributed by atoms with E-state index in [1.807, 2.05) is 19.1 Å². The fraction of sp³-hybridized carbons (Fsp3) is 0.200. The van der Waals surface area contributed by atoms with Gasteiger partial charge in [0.1, 0.15) is 10.2 Å². The van der Waals surface area contributed by atoms with Crippen molar-refractivity contribution in [3.05, 3.63) is 26.6 Å². The summed E-state index contributed by atoms with van der Waals surface area (Å²) in [4.78, 5) is 9.67. The summed E-state index contributed by atoms with van der Waals surface area (Å²) in [5.41, 5.74) is 3.48. The molecule has 0 fully saturated rings. The van der Waals surface area contributed by atoms with Crippen LogP contribution in [0.3, 0.4) is 0 Å². The van der Waals surface area contributed by atoms with Crippen molar-refractivity contribution in [3.8, 4) is 10.7 Å². The highest BCUT2D eigenvalue weighted by Gasteiger charge is 2.11. The molecule has 0 amide bonds. The zero-order chi connectivity index (χ0) is 12.4. The molecule has 2 rings (SSSR count). The van der Waals surface area contributed by atoms with E-state index in [1.165, 1.54) is 11.3 Å². The van der Waals surface area contributed by atoms with Gasteiger partial charge in [0.2, 0.25) is 0 Å². The second-order valence-electron chi connectivity index (χ2n) is 3.30. The smallest absolute Gasteiger partial charge is 0.172 e. The second kappa shape index (κ2) is 5.30. The van der Waals surface area contributed by atoms with E-state index >= 15 is 0 Å². The van der Waals surface area contributed by atoms with Crippen molar-refractivity contribution in [1.29, 1.82) is 0 Å². The third kappa shape index (κ3) is 2.77. The topological polar surface area (TPSA) is 63.8 Å². The Bertz CT molecular complexity index is 501. The maximum Gasteiger partial charge on any atom is 0.172 e. The Morgan fingerprint density at radius 3 is 2.76 bits per heavy atom. The van der Waals surface area contributed by atoms with Crippen molar-refractivity contribution in [2.24, 2.45) is 5.84 Å². The number of nitrogens with two attached hydrogens (primary N) is 1. The minimum atomic E-state index is 0.604. The quantitative estimate of drug-likeness (QED) is 0.667. The molecule has 0 saturated heterocycles. The van der Waals surface area contributed by atoms with Gasteiger partial charge in [-0.1, -0.05) is 18.5 Å². The van der Waals surface area contributed by atoms with Gasteiger partial charge in [0.25, 0.3) is 0 Å². The molecule has 2 aromatic heterocycles. The first kappa shape index (κ1) is 12.8. The standard InChI is InChI=1S/C10H10BrClN4S/c1-2-5-3-8(16-13)15-10(14-5)7-4-6(11)9(12)17-7/h3-4H,2,13H2,1H3,(H,14,15,16). The van der Waals surface area contributed by atoms with E-state index in [0.29, 0.717) is 16.0 Å².